The van der Waals surface area contributed by atoms with Gasteiger partial charge in [0.2, 0.25) is 11.0 Å². The van der Waals surface area contributed by atoms with Crippen molar-refractivity contribution in [3.63, 3.8) is 0 Å². The third-order valence-electron chi connectivity index (χ3n) is 5.11. The van der Waals surface area contributed by atoms with Crippen LogP contribution in [-0.4, -0.2) is 14.8 Å². The third-order valence-corrected chi connectivity index (χ3v) is 6.16. The minimum Gasteiger partial charge on any atom is -0.493 e. The molecule has 1 heterocycles. The van der Waals surface area contributed by atoms with E-state index < -0.39 is 0 Å². The van der Waals surface area contributed by atoms with Crippen LogP contribution in [0.15, 0.2) is 81.4 Å². The lowest BCUT2D eigenvalue weighted by molar-refractivity contribution is 0.429. The molecule has 0 saturated heterocycles. The molecule has 0 saturated carbocycles. The second-order valence-corrected chi connectivity index (χ2v) is 8.90. The molecule has 0 aliphatic heterocycles. The molecule has 162 valence electrons. The molecule has 5 nitrogen and oxygen atoms in total. The van der Waals surface area contributed by atoms with Crippen LogP contribution < -0.4 is 5.32 Å². The van der Waals surface area contributed by atoms with Crippen molar-refractivity contribution in [2.24, 2.45) is 10.2 Å². The minimum atomic E-state index is -0.00290. The summed E-state index contributed by atoms with van der Waals surface area (Å²) < 4.78 is 2.63. The summed E-state index contributed by atoms with van der Waals surface area (Å²) in [5.74, 6) is -0.00290. The molecule has 0 radical (unpaired) electrons. The van der Waals surface area contributed by atoms with E-state index in [1.54, 1.807) is 4.57 Å². The first-order chi connectivity index (χ1) is 15.5. The number of aromatic nitrogens is 1. The number of azo groups is 1. The first-order valence-electron chi connectivity index (χ1n) is 10.0. The quantitative estimate of drug-likeness (QED) is 0.205. The molecule has 0 atom stereocenters. The number of anilines is 1. The lowest BCUT2D eigenvalue weighted by Gasteiger charge is -2.08. The van der Waals surface area contributed by atoms with Crippen molar-refractivity contribution >= 4 is 67.1 Å². The molecule has 3 aromatic carbocycles. The summed E-state index contributed by atoms with van der Waals surface area (Å²) in [6.07, 6.45) is 0.970. The predicted molar refractivity (Wildman–Crippen MR) is 138 cm³/mol. The summed E-state index contributed by atoms with van der Waals surface area (Å²) in [6.45, 7) is 2.50. The van der Waals surface area contributed by atoms with E-state index in [9.17, 15) is 5.11 Å². The molecular formula is C24H20BrClN4OS. The Hall–Kier alpha value is -2.74. The maximum atomic E-state index is 11.0. The van der Waals surface area contributed by atoms with Gasteiger partial charge in [-0.3, -0.25) is 0 Å². The molecule has 0 bridgehead atoms. The summed E-state index contributed by atoms with van der Waals surface area (Å²) >= 11 is 15.2. The second-order valence-electron chi connectivity index (χ2n) is 7.19. The van der Waals surface area contributed by atoms with Crippen molar-refractivity contribution in [1.29, 1.82) is 0 Å². The molecule has 8 heteroatoms. The molecular weight excluding hydrogens is 508 g/mol. The monoisotopic (exact) mass is 526 g/mol. The molecule has 0 spiro atoms. The van der Waals surface area contributed by atoms with Gasteiger partial charge in [-0.05, 0) is 66.2 Å². The molecule has 0 aliphatic carbocycles. The Morgan fingerprint density at radius 1 is 1.12 bits per heavy atom. The number of fused-ring (bicyclic) bond motifs is 1. The van der Waals surface area contributed by atoms with Gasteiger partial charge in [0, 0.05) is 20.6 Å². The largest absolute Gasteiger partial charge is 0.493 e. The summed E-state index contributed by atoms with van der Waals surface area (Å²) in [5, 5.41) is 24.1. The maximum absolute atomic E-state index is 11.0. The molecule has 4 aromatic rings. The average Bonchev–Trinajstić information content (AvgIpc) is 3.04. The Morgan fingerprint density at radius 3 is 2.59 bits per heavy atom. The van der Waals surface area contributed by atoms with Crippen molar-refractivity contribution in [1.82, 2.24) is 4.57 Å². The number of thiocarbonyl (C=S) groups is 1. The first kappa shape index (κ1) is 22.5. The van der Waals surface area contributed by atoms with Crippen molar-refractivity contribution in [2.75, 3.05) is 5.32 Å². The van der Waals surface area contributed by atoms with Crippen LogP contribution in [0.3, 0.4) is 0 Å². The molecule has 4 rings (SSSR count). The molecule has 0 amide bonds. The van der Waals surface area contributed by atoms with E-state index in [2.05, 4.69) is 38.4 Å². The molecule has 0 unspecified atom stereocenters. The van der Waals surface area contributed by atoms with E-state index in [1.165, 1.54) is 5.56 Å². The zero-order valence-corrected chi connectivity index (χ0v) is 20.4. The number of hydrogen-bond acceptors (Lipinski definition) is 3. The van der Waals surface area contributed by atoms with Crippen molar-refractivity contribution in [2.45, 2.75) is 19.9 Å². The van der Waals surface area contributed by atoms with Gasteiger partial charge in [0.25, 0.3) is 0 Å². The highest BCUT2D eigenvalue weighted by Crippen LogP contribution is 2.41. The fourth-order valence-corrected chi connectivity index (χ4v) is 4.13. The normalized spacial score (nSPS) is 11.3. The standard InChI is InChI=1S/C24H20BrClN4OS/c1-2-15-7-10-18(11-8-15)27-24(32)29-28-22-19-13-17(25)9-12-21(19)30(23(22)31)14-16-5-3-4-6-20(16)26/h3-13,31H,2,14H2,1H3,(H,27,32). The molecule has 2 N–H and O–H groups in total. The summed E-state index contributed by atoms with van der Waals surface area (Å²) in [7, 11) is 0. The molecule has 0 aliphatic rings. The minimum absolute atomic E-state index is 0.00290. The smallest absolute Gasteiger partial charge is 0.221 e. The lowest BCUT2D eigenvalue weighted by Crippen LogP contribution is -2.04. The van der Waals surface area contributed by atoms with E-state index in [0.717, 1.165) is 33.0 Å². The zero-order valence-electron chi connectivity index (χ0n) is 17.2. The number of nitrogens with one attached hydrogen (secondary N) is 1. The Morgan fingerprint density at radius 2 is 1.88 bits per heavy atom. The van der Waals surface area contributed by atoms with Gasteiger partial charge in [-0.2, -0.15) is 0 Å². The second kappa shape index (κ2) is 9.81. The van der Waals surface area contributed by atoms with Crippen LogP contribution in [0.5, 0.6) is 5.88 Å². The number of aryl methyl sites for hydroxylation is 1. The van der Waals surface area contributed by atoms with Gasteiger partial charge in [-0.25, -0.2) is 0 Å². The van der Waals surface area contributed by atoms with Gasteiger partial charge in [0.1, 0.15) is 0 Å². The van der Waals surface area contributed by atoms with E-state index >= 15 is 0 Å². The topological polar surface area (TPSA) is 61.9 Å². The Bertz CT molecular complexity index is 1320. The van der Waals surface area contributed by atoms with E-state index in [0.29, 0.717) is 17.3 Å². The van der Waals surface area contributed by atoms with Crippen LogP contribution in [0.1, 0.15) is 18.1 Å². The van der Waals surface area contributed by atoms with Gasteiger partial charge in [0.15, 0.2) is 5.69 Å². The Balaban J connectivity index is 1.65. The number of aromatic hydroxyl groups is 1. The van der Waals surface area contributed by atoms with E-state index in [4.69, 9.17) is 23.8 Å². The van der Waals surface area contributed by atoms with Gasteiger partial charge >= 0.3 is 0 Å². The number of hydrogen-bond donors (Lipinski definition) is 2. The van der Waals surface area contributed by atoms with Crippen LogP contribution in [0.2, 0.25) is 5.02 Å². The van der Waals surface area contributed by atoms with Gasteiger partial charge < -0.3 is 15.0 Å². The summed E-state index contributed by atoms with van der Waals surface area (Å²) in [4.78, 5) is 0. The van der Waals surface area contributed by atoms with Crippen LogP contribution >= 0.6 is 39.7 Å². The summed E-state index contributed by atoms with van der Waals surface area (Å²) in [6, 6.07) is 21.2. The number of halogens is 2. The van der Waals surface area contributed by atoms with Gasteiger partial charge in [-0.15, -0.1) is 10.2 Å². The first-order valence-corrected chi connectivity index (χ1v) is 11.6. The number of rotatable bonds is 5. The van der Waals surface area contributed by atoms with Crippen molar-refractivity contribution in [3.05, 3.63) is 87.4 Å². The van der Waals surface area contributed by atoms with Crippen LogP contribution in [-0.2, 0) is 13.0 Å². The highest BCUT2D eigenvalue weighted by molar-refractivity contribution is 9.10. The van der Waals surface area contributed by atoms with Crippen LogP contribution in [0.4, 0.5) is 11.4 Å². The van der Waals surface area contributed by atoms with Crippen molar-refractivity contribution < 1.29 is 5.11 Å². The fourth-order valence-electron chi connectivity index (χ4n) is 3.42. The molecule has 32 heavy (non-hydrogen) atoms. The zero-order chi connectivity index (χ0) is 22.7. The SMILES string of the molecule is CCc1ccc(NC(=S)N=Nc2c(O)n(Cc3ccccc3Cl)c3ccc(Br)cc23)cc1. The van der Waals surface area contributed by atoms with Gasteiger partial charge in [0.05, 0.1) is 12.1 Å². The molecule has 0 fully saturated rings. The van der Waals surface area contributed by atoms with Crippen LogP contribution in [0.25, 0.3) is 10.9 Å². The van der Waals surface area contributed by atoms with Crippen molar-refractivity contribution in [3.8, 4) is 5.88 Å². The van der Waals surface area contributed by atoms with E-state index in [1.807, 2.05) is 66.7 Å². The van der Waals surface area contributed by atoms with Crippen LogP contribution in [0, 0.1) is 0 Å². The van der Waals surface area contributed by atoms with Gasteiger partial charge in [-0.1, -0.05) is 64.8 Å². The Labute approximate surface area is 204 Å². The third kappa shape index (κ3) is 4.85. The summed E-state index contributed by atoms with van der Waals surface area (Å²) in [5.41, 5.74) is 4.12. The Kier molecular flexibility index (Phi) is 6.89. The lowest BCUT2D eigenvalue weighted by atomic mass is 10.1. The predicted octanol–water partition coefficient (Wildman–Crippen LogP) is 7.85. The number of nitrogens with zero attached hydrogens (tertiary/aromatic N) is 3. The number of benzene rings is 3. The average molecular weight is 528 g/mol. The highest BCUT2D eigenvalue weighted by atomic mass is 79.9. The highest BCUT2D eigenvalue weighted by Gasteiger charge is 2.18. The fraction of sp³-hybridized carbons (Fsp3) is 0.125. The maximum Gasteiger partial charge on any atom is 0.221 e. The van der Waals surface area contributed by atoms with E-state index in [-0.39, 0.29) is 11.0 Å². The molecule has 1 aromatic heterocycles.